The Morgan fingerprint density at radius 3 is 2.55 bits per heavy atom. The summed E-state index contributed by atoms with van der Waals surface area (Å²) in [7, 11) is 0. The van der Waals surface area contributed by atoms with Gasteiger partial charge in [0.1, 0.15) is 0 Å². The molecule has 0 aliphatic carbocycles. The van der Waals surface area contributed by atoms with Crippen molar-refractivity contribution in [2.24, 2.45) is 0 Å². The Labute approximate surface area is 75.1 Å². The first-order chi connectivity index (χ1) is 5.33. The zero-order valence-corrected chi connectivity index (χ0v) is 8.22. The molecule has 1 aliphatic heterocycles. The number of ether oxygens (including phenoxy) is 3. The summed E-state index contributed by atoms with van der Waals surface area (Å²) in [6.07, 6.45) is 0.946. The molecule has 0 radical (unpaired) electrons. The van der Waals surface area contributed by atoms with Gasteiger partial charge in [-0.3, -0.25) is 0 Å². The van der Waals surface area contributed by atoms with E-state index < -0.39 is 5.97 Å². The Morgan fingerprint density at radius 2 is 2.09 bits per heavy atom. The van der Waals surface area contributed by atoms with Gasteiger partial charge < -0.3 is 14.2 Å². The van der Waals surface area contributed by atoms with Gasteiger partial charge in [0.15, 0.2) is 0 Å². The molecular formula is C7H13BrO3. The zero-order chi connectivity index (χ0) is 8.16. The Balaban J connectivity index is 2.42. The molecule has 0 atom stereocenters. The van der Waals surface area contributed by atoms with Crippen molar-refractivity contribution in [2.75, 3.05) is 25.2 Å². The summed E-state index contributed by atoms with van der Waals surface area (Å²) in [5, 5.41) is 0.563. The highest BCUT2D eigenvalue weighted by atomic mass is 79.9. The lowest BCUT2D eigenvalue weighted by atomic mass is 10.4. The molecule has 0 saturated carbocycles. The lowest BCUT2D eigenvalue weighted by Gasteiger charge is -2.34. The predicted molar refractivity (Wildman–Crippen MR) is 44.7 cm³/mol. The Morgan fingerprint density at radius 1 is 1.45 bits per heavy atom. The lowest BCUT2D eigenvalue weighted by Crippen LogP contribution is -2.44. The third-order valence-electron chi connectivity index (χ3n) is 1.46. The number of alkyl halides is 1. The van der Waals surface area contributed by atoms with Crippen LogP contribution in [0.25, 0.3) is 0 Å². The molecule has 1 heterocycles. The quantitative estimate of drug-likeness (QED) is 0.681. The van der Waals surface area contributed by atoms with E-state index in [9.17, 15) is 0 Å². The molecule has 0 spiro atoms. The molecule has 0 N–H and O–H groups in total. The standard InChI is InChI=1S/C7H13BrO3/c1-2-9-7(6-8)10-4-3-5-11-7/h2-6H2,1H3. The highest BCUT2D eigenvalue weighted by Crippen LogP contribution is 2.22. The third kappa shape index (κ3) is 2.40. The van der Waals surface area contributed by atoms with Crippen molar-refractivity contribution in [1.29, 1.82) is 0 Å². The minimum atomic E-state index is -0.812. The van der Waals surface area contributed by atoms with Gasteiger partial charge in [0.2, 0.25) is 0 Å². The molecule has 0 aromatic carbocycles. The molecular weight excluding hydrogens is 212 g/mol. The van der Waals surface area contributed by atoms with Crippen LogP contribution in [-0.2, 0) is 14.2 Å². The van der Waals surface area contributed by atoms with E-state index in [1.54, 1.807) is 0 Å². The first-order valence-corrected chi connectivity index (χ1v) is 4.93. The smallest absolute Gasteiger partial charge is 0.293 e. The Hall–Kier alpha value is 0.360. The van der Waals surface area contributed by atoms with Gasteiger partial charge in [-0.15, -0.1) is 0 Å². The third-order valence-corrected chi connectivity index (χ3v) is 2.15. The molecule has 4 heteroatoms. The van der Waals surface area contributed by atoms with E-state index in [2.05, 4.69) is 15.9 Å². The molecule has 0 aromatic rings. The van der Waals surface area contributed by atoms with E-state index in [4.69, 9.17) is 14.2 Å². The van der Waals surface area contributed by atoms with E-state index in [1.807, 2.05) is 6.92 Å². The molecule has 0 amide bonds. The average Bonchev–Trinajstić information content (AvgIpc) is 2.07. The van der Waals surface area contributed by atoms with E-state index in [-0.39, 0.29) is 0 Å². The van der Waals surface area contributed by atoms with Crippen LogP contribution < -0.4 is 0 Å². The second-order valence-corrected chi connectivity index (χ2v) is 2.86. The van der Waals surface area contributed by atoms with Crippen molar-refractivity contribution in [3.63, 3.8) is 0 Å². The zero-order valence-electron chi connectivity index (χ0n) is 6.64. The van der Waals surface area contributed by atoms with E-state index in [0.29, 0.717) is 25.2 Å². The van der Waals surface area contributed by atoms with E-state index in [1.165, 1.54) is 0 Å². The molecule has 1 aliphatic rings. The lowest BCUT2D eigenvalue weighted by molar-refractivity contribution is -0.383. The molecule has 3 nitrogen and oxygen atoms in total. The summed E-state index contributed by atoms with van der Waals surface area (Å²) in [6, 6.07) is 0. The molecule has 1 rings (SSSR count). The summed E-state index contributed by atoms with van der Waals surface area (Å²) in [5.74, 6) is -0.812. The molecule has 1 fully saturated rings. The van der Waals surface area contributed by atoms with Crippen molar-refractivity contribution >= 4 is 15.9 Å². The summed E-state index contributed by atoms with van der Waals surface area (Å²) in [5.41, 5.74) is 0. The van der Waals surface area contributed by atoms with Gasteiger partial charge in [-0.2, -0.15) is 0 Å². The molecule has 0 bridgehead atoms. The fourth-order valence-corrected chi connectivity index (χ4v) is 1.46. The fourth-order valence-electron chi connectivity index (χ4n) is 0.975. The van der Waals surface area contributed by atoms with E-state index >= 15 is 0 Å². The topological polar surface area (TPSA) is 27.7 Å². The molecule has 66 valence electrons. The number of rotatable bonds is 3. The van der Waals surface area contributed by atoms with Crippen LogP contribution in [0.4, 0.5) is 0 Å². The second-order valence-electron chi connectivity index (χ2n) is 2.30. The van der Waals surface area contributed by atoms with Gasteiger partial charge in [0, 0.05) is 6.61 Å². The van der Waals surface area contributed by atoms with Crippen LogP contribution in [0.3, 0.4) is 0 Å². The molecule has 1 saturated heterocycles. The normalized spacial score (nSPS) is 23.5. The first-order valence-electron chi connectivity index (χ1n) is 3.81. The second kappa shape index (κ2) is 4.40. The monoisotopic (exact) mass is 224 g/mol. The summed E-state index contributed by atoms with van der Waals surface area (Å²) in [6.45, 7) is 3.95. The van der Waals surface area contributed by atoms with Crippen LogP contribution in [0, 0.1) is 0 Å². The van der Waals surface area contributed by atoms with Gasteiger partial charge in [-0.25, -0.2) is 0 Å². The van der Waals surface area contributed by atoms with Gasteiger partial charge in [0.25, 0.3) is 5.97 Å². The fraction of sp³-hybridized carbons (Fsp3) is 1.00. The first kappa shape index (κ1) is 9.45. The predicted octanol–water partition coefficient (Wildman–Crippen LogP) is 1.51. The van der Waals surface area contributed by atoms with Gasteiger partial charge in [-0.05, 0) is 13.3 Å². The highest BCUT2D eigenvalue weighted by Gasteiger charge is 2.34. The maximum atomic E-state index is 5.36. The number of halogens is 1. The largest absolute Gasteiger partial charge is 0.327 e. The average molecular weight is 225 g/mol. The van der Waals surface area contributed by atoms with Crippen LogP contribution in [0.2, 0.25) is 0 Å². The number of hydrogen-bond donors (Lipinski definition) is 0. The molecule has 0 aromatic heterocycles. The summed E-state index contributed by atoms with van der Waals surface area (Å²) < 4.78 is 16.1. The summed E-state index contributed by atoms with van der Waals surface area (Å²) >= 11 is 3.29. The molecule has 11 heavy (non-hydrogen) atoms. The minimum Gasteiger partial charge on any atom is -0.327 e. The van der Waals surface area contributed by atoms with Gasteiger partial charge >= 0.3 is 0 Å². The highest BCUT2D eigenvalue weighted by molar-refractivity contribution is 9.09. The Kier molecular flexibility index (Phi) is 3.78. The number of hydrogen-bond acceptors (Lipinski definition) is 3. The van der Waals surface area contributed by atoms with Crippen LogP contribution in [-0.4, -0.2) is 31.1 Å². The van der Waals surface area contributed by atoms with Crippen molar-refractivity contribution in [3.05, 3.63) is 0 Å². The maximum absolute atomic E-state index is 5.36. The van der Waals surface area contributed by atoms with Crippen LogP contribution in [0.15, 0.2) is 0 Å². The van der Waals surface area contributed by atoms with Gasteiger partial charge in [0.05, 0.1) is 18.5 Å². The minimum absolute atomic E-state index is 0.563. The van der Waals surface area contributed by atoms with Crippen molar-refractivity contribution in [1.82, 2.24) is 0 Å². The molecule has 0 unspecified atom stereocenters. The Bertz CT molecular complexity index is 107. The van der Waals surface area contributed by atoms with Crippen molar-refractivity contribution in [2.45, 2.75) is 19.3 Å². The van der Waals surface area contributed by atoms with E-state index in [0.717, 1.165) is 6.42 Å². The summed E-state index contributed by atoms with van der Waals surface area (Å²) in [4.78, 5) is 0. The maximum Gasteiger partial charge on any atom is 0.293 e. The van der Waals surface area contributed by atoms with Gasteiger partial charge in [-0.1, -0.05) is 15.9 Å². The van der Waals surface area contributed by atoms with Crippen LogP contribution >= 0.6 is 15.9 Å². The SMILES string of the molecule is CCOC1(CBr)OCCCO1. The van der Waals surface area contributed by atoms with Crippen molar-refractivity contribution < 1.29 is 14.2 Å². The van der Waals surface area contributed by atoms with Crippen molar-refractivity contribution in [3.8, 4) is 0 Å². The van der Waals surface area contributed by atoms with Crippen LogP contribution in [0.1, 0.15) is 13.3 Å². The van der Waals surface area contributed by atoms with Crippen LogP contribution in [0.5, 0.6) is 0 Å².